The molecule has 2 rings (SSSR count). The molecule has 0 atom stereocenters. The standard InChI is InChI=1S/C19H20F4N2O4/c1-25(10-12-3-8-15(29-19(22)23)16(9-12)27-2)11-17(26)24-13-4-6-14(7-5-13)28-18(20)21/h3-9,18-19H,10-11H2,1-2H3,(H,24,26). The number of methoxy groups -OCH3 is 1. The van der Waals surface area contributed by atoms with Crippen LogP contribution in [-0.2, 0) is 11.3 Å². The van der Waals surface area contributed by atoms with Gasteiger partial charge in [0, 0.05) is 12.2 Å². The molecular formula is C19H20F4N2O4. The van der Waals surface area contributed by atoms with Gasteiger partial charge in [-0.2, -0.15) is 17.6 Å². The van der Waals surface area contributed by atoms with E-state index in [-0.39, 0.29) is 29.7 Å². The first-order valence-corrected chi connectivity index (χ1v) is 8.42. The molecule has 10 heteroatoms. The fourth-order valence-corrected chi connectivity index (χ4v) is 2.54. The molecule has 0 radical (unpaired) electrons. The van der Waals surface area contributed by atoms with Crippen molar-refractivity contribution in [3.05, 3.63) is 48.0 Å². The second-order valence-corrected chi connectivity index (χ2v) is 5.99. The van der Waals surface area contributed by atoms with Gasteiger partial charge in [-0.05, 0) is 49.0 Å². The van der Waals surface area contributed by atoms with Crippen molar-refractivity contribution < 1.29 is 36.6 Å². The largest absolute Gasteiger partial charge is 0.493 e. The predicted molar refractivity (Wildman–Crippen MR) is 97.7 cm³/mol. The van der Waals surface area contributed by atoms with Gasteiger partial charge >= 0.3 is 13.2 Å². The Morgan fingerprint density at radius 1 is 1.00 bits per heavy atom. The summed E-state index contributed by atoms with van der Waals surface area (Å²) in [4.78, 5) is 13.8. The molecule has 2 aromatic carbocycles. The summed E-state index contributed by atoms with van der Waals surface area (Å²) in [6.07, 6.45) is 0. The fourth-order valence-electron chi connectivity index (χ4n) is 2.54. The molecule has 0 saturated carbocycles. The van der Waals surface area contributed by atoms with Crippen molar-refractivity contribution in [3.8, 4) is 17.2 Å². The highest BCUT2D eigenvalue weighted by atomic mass is 19.3. The lowest BCUT2D eigenvalue weighted by Gasteiger charge is -2.18. The number of hydrogen-bond donors (Lipinski definition) is 1. The minimum Gasteiger partial charge on any atom is -0.493 e. The average Bonchev–Trinajstić information content (AvgIpc) is 2.63. The summed E-state index contributed by atoms with van der Waals surface area (Å²) in [6, 6.07) is 10.0. The van der Waals surface area contributed by atoms with E-state index in [0.717, 1.165) is 5.56 Å². The first-order chi connectivity index (χ1) is 13.8. The number of rotatable bonds is 10. The van der Waals surface area contributed by atoms with E-state index >= 15 is 0 Å². The van der Waals surface area contributed by atoms with Crippen LogP contribution in [0.15, 0.2) is 42.5 Å². The monoisotopic (exact) mass is 416 g/mol. The minimum absolute atomic E-state index is 0.0108. The Bertz CT molecular complexity index is 803. The summed E-state index contributed by atoms with van der Waals surface area (Å²) in [7, 11) is 3.04. The normalized spacial score (nSPS) is 11.1. The molecule has 29 heavy (non-hydrogen) atoms. The van der Waals surface area contributed by atoms with Crippen molar-refractivity contribution in [1.82, 2.24) is 4.90 Å². The summed E-state index contributed by atoms with van der Waals surface area (Å²) >= 11 is 0. The zero-order valence-corrected chi connectivity index (χ0v) is 15.7. The van der Waals surface area contributed by atoms with Gasteiger partial charge in [0.25, 0.3) is 0 Å². The number of hydrogen-bond acceptors (Lipinski definition) is 5. The maximum absolute atomic E-state index is 12.4. The van der Waals surface area contributed by atoms with Gasteiger partial charge in [0.15, 0.2) is 11.5 Å². The van der Waals surface area contributed by atoms with Crippen molar-refractivity contribution in [2.24, 2.45) is 0 Å². The van der Waals surface area contributed by atoms with Crippen LogP contribution in [0.2, 0.25) is 0 Å². The van der Waals surface area contributed by atoms with Crippen molar-refractivity contribution in [3.63, 3.8) is 0 Å². The molecule has 0 bridgehead atoms. The number of likely N-dealkylation sites (N-methyl/N-ethyl adjacent to an activating group) is 1. The Labute approximate surface area is 165 Å². The third-order valence-electron chi connectivity index (χ3n) is 3.67. The topological polar surface area (TPSA) is 60.0 Å². The zero-order chi connectivity index (χ0) is 21.4. The van der Waals surface area contributed by atoms with Gasteiger partial charge in [-0.15, -0.1) is 0 Å². The van der Waals surface area contributed by atoms with E-state index in [0.29, 0.717) is 12.2 Å². The van der Waals surface area contributed by atoms with Crippen LogP contribution in [0.4, 0.5) is 23.2 Å². The summed E-state index contributed by atoms with van der Waals surface area (Å²) < 4.78 is 62.7. The van der Waals surface area contributed by atoms with Crippen LogP contribution < -0.4 is 19.5 Å². The van der Waals surface area contributed by atoms with E-state index in [2.05, 4.69) is 14.8 Å². The molecule has 0 aliphatic heterocycles. The Morgan fingerprint density at radius 2 is 1.66 bits per heavy atom. The van der Waals surface area contributed by atoms with Crippen molar-refractivity contribution in [2.75, 3.05) is 26.0 Å². The maximum atomic E-state index is 12.4. The molecule has 0 aromatic heterocycles. The summed E-state index contributed by atoms with van der Waals surface area (Å²) in [5.74, 6) is -0.249. The Hall–Kier alpha value is -3.01. The van der Waals surface area contributed by atoms with Crippen LogP contribution in [0.3, 0.4) is 0 Å². The quantitative estimate of drug-likeness (QED) is 0.594. The van der Waals surface area contributed by atoms with E-state index in [1.165, 1.54) is 37.4 Å². The molecular weight excluding hydrogens is 396 g/mol. The average molecular weight is 416 g/mol. The number of nitrogens with one attached hydrogen (secondary N) is 1. The van der Waals surface area contributed by atoms with E-state index in [9.17, 15) is 22.4 Å². The Balaban J connectivity index is 1.89. The van der Waals surface area contributed by atoms with Gasteiger partial charge in [0.1, 0.15) is 5.75 Å². The summed E-state index contributed by atoms with van der Waals surface area (Å²) in [5.41, 5.74) is 1.16. The third kappa shape index (κ3) is 7.49. The highest BCUT2D eigenvalue weighted by Crippen LogP contribution is 2.29. The molecule has 0 unspecified atom stereocenters. The summed E-state index contributed by atoms with van der Waals surface area (Å²) in [6.45, 7) is -5.50. The van der Waals surface area contributed by atoms with E-state index in [1.54, 1.807) is 24.1 Å². The van der Waals surface area contributed by atoms with Gasteiger partial charge in [0.05, 0.1) is 13.7 Å². The van der Waals surface area contributed by atoms with Crippen molar-refractivity contribution in [1.29, 1.82) is 0 Å². The number of carbonyl (C=O) groups is 1. The van der Waals surface area contributed by atoms with Gasteiger partial charge < -0.3 is 19.5 Å². The minimum atomic E-state index is -2.96. The molecule has 1 N–H and O–H groups in total. The predicted octanol–water partition coefficient (Wildman–Crippen LogP) is 3.97. The molecule has 0 spiro atoms. The Kier molecular flexibility index (Phi) is 8.08. The van der Waals surface area contributed by atoms with Crippen molar-refractivity contribution >= 4 is 11.6 Å². The number of amides is 1. The lowest BCUT2D eigenvalue weighted by Crippen LogP contribution is -2.29. The lowest BCUT2D eigenvalue weighted by molar-refractivity contribution is -0.117. The molecule has 0 saturated heterocycles. The number of nitrogens with zero attached hydrogens (tertiary/aromatic N) is 1. The first-order valence-electron chi connectivity index (χ1n) is 8.42. The number of halogens is 4. The van der Waals surface area contributed by atoms with E-state index in [1.807, 2.05) is 0 Å². The second kappa shape index (κ2) is 10.5. The smallest absolute Gasteiger partial charge is 0.387 e. The van der Waals surface area contributed by atoms with Gasteiger partial charge in [0.2, 0.25) is 5.91 Å². The summed E-state index contributed by atoms with van der Waals surface area (Å²) in [5, 5.41) is 2.64. The van der Waals surface area contributed by atoms with Crippen LogP contribution in [0, 0.1) is 0 Å². The number of carbonyl (C=O) groups excluding carboxylic acids is 1. The first kappa shape index (κ1) is 22.3. The van der Waals surface area contributed by atoms with Crippen LogP contribution in [0.25, 0.3) is 0 Å². The number of ether oxygens (including phenoxy) is 3. The number of alkyl halides is 4. The molecule has 0 heterocycles. The van der Waals surface area contributed by atoms with Crippen LogP contribution in [0.5, 0.6) is 17.2 Å². The van der Waals surface area contributed by atoms with Gasteiger partial charge in [-0.1, -0.05) is 6.07 Å². The van der Waals surface area contributed by atoms with E-state index in [4.69, 9.17) is 4.74 Å². The molecule has 158 valence electrons. The molecule has 0 fully saturated rings. The van der Waals surface area contributed by atoms with Crippen molar-refractivity contribution in [2.45, 2.75) is 19.8 Å². The molecule has 6 nitrogen and oxygen atoms in total. The second-order valence-electron chi connectivity index (χ2n) is 5.99. The fraction of sp³-hybridized carbons (Fsp3) is 0.316. The zero-order valence-electron chi connectivity index (χ0n) is 15.7. The van der Waals surface area contributed by atoms with Crippen LogP contribution in [0.1, 0.15) is 5.56 Å². The maximum Gasteiger partial charge on any atom is 0.387 e. The lowest BCUT2D eigenvalue weighted by atomic mass is 10.2. The highest BCUT2D eigenvalue weighted by molar-refractivity contribution is 5.92. The molecule has 0 aliphatic rings. The van der Waals surface area contributed by atoms with E-state index < -0.39 is 13.2 Å². The third-order valence-corrected chi connectivity index (χ3v) is 3.67. The highest BCUT2D eigenvalue weighted by Gasteiger charge is 2.13. The molecule has 2 aromatic rings. The number of anilines is 1. The van der Waals surface area contributed by atoms with Gasteiger partial charge in [-0.25, -0.2) is 0 Å². The SMILES string of the molecule is COc1cc(CN(C)CC(=O)Nc2ccc(OC(F)F)cc2)ccc1OC(F)F. The molecule has 1 amide bonds. The molecule has 0 aliphatic carbocycles. The Morgan fingerprint density at radius 3 is 2.24 bits per heavy atom. The number of benzene rings is 2. The van der Waals surface area contributed by atoms with Crippen LogP contribution in [-0.4, -0.2) is 44.7 Å². The van der Waals surface area contributed by atoms with Crippen LogP contribution >= 0.6 is 0 Å². The van der Waals surface area contributed by atoms with Gasteiger partial charge in [-0.3, -0.25) is 9.69 Å².